The molecule has 3 N–H and O–H groups in total. The van der Waals surface area contributed by atoms with Crippen molar-refractivity contribution in [3.63, 3.8) is 0 Å². The fraction of sp³-hybridized carbons (Fsp3) is 0.318. The van der Waals surface area contributed by atoms with Crippen molar-refractivity contribution >= 4 is 27.7 Å². The molecule has 0 aliphatic heterocycles. The first-order valence-corrected chi connectivity index (χ1v) is 11.4. The van der Waals surface area contributed by atoms with Crippen molar-refractivity contribution in [2.45, 2.75) is 31.2 Å². The maximum Gasteiger partial charge on any atom is 0.269 e. The van der Waals surface area contributed by atoms with E-state index in [1.165, 1.54) is 38.4 Å². The van der Waals surface area contributed by atoms with Gasteiger partial charge in [-0.3, -0.25) is 25.2 Å². The Balaban J connectivity index is 2.01. The third kappa shape index (κ3) is 6.63. The van der Waals surface area contributed by atoms with Gasteiger partial charge in [-0.2, -0.15) is 0 Å². The minimum absolute atomic E-state index is 0.0466. The van der Waals surface area contributed by atoms with Crippen LogP contribution >= 0.6 is 0 Å². The minimum Gasteiger partial charge on any atom is -0.344 e. The van der Waals surface area contributed by atoms with Gasteiger partial charge in [-0.1, -0.05) is 50.2 Å². The zero-order valence-electron chi connectivity index (χ0n) is 18.5. The van der Waals surface area contributed by atoms with Crippen molar-refractivity contribution in [2.24, 2.45) is 5.92 Å². The van der Waals surface area contributed by atoms with Crippen molar-refractivity contribution < 1.29 is 22.8 Å². The van der Waals surface area contributed by atoms with E-state index < -0.39 is 27.9 Å². The number of rotatable bonds is 8. The minimum atomic E-state index is -3.71. The van der Waals surface area contributed by atoms with Crippen LogP contribution in [0.4, 0.5) is 0 Å². The Morgan fingerprint density at radius 1 is 0.938 bits per heavy atom. The molecular weight excluding hydrogens is 432 g/mol. The van der Waals surface area contributed by atoms with E-state index in [4.69, 9.17) is 0 Å². The summed E-state index contributed by atoms with van der Waals surface area (Å²) in [4.78, 5) is 37.3. The van der Waals surface area contributed by atoms with E-state index in [2.05, 4.69) is 16.2 Å². The molecule has 0 fully saturated rings. The van der Waals surface area contributed by atoms with Crippen molar-refractivity contribution in [1.82, 2.24) is 20.5 Å². The maximum absolute atomic E-state index is 12.6. The lowest BCUT2D eigenvalue weighted by Crippen LogP contribution is -2.54. The molecule has 0 heterocycles. The molecule has 32 heavy (non-hydrogen) atoms. The first kappa shape index (κ1) is 25.0. The number of hydrogen-bond acceptors (Lipinski definition) is 5. The number of hydrazine groups is 1. The number of benzene rings is 2. The number of amides is 3. The quantitative estimate of drug-likeness (QED) is 0.509. The Labute approximate surface area is 188 Å². The lowest BCUT2D eigenvalue weighted by atomic mass is 10.0. The lowest BCUT2D eigenvalue weighted by Gasteiger charge is -2.22. The van der Waals surface area contributed by atoms with Crippen LogP contribution in [-0.4, -0.2) is 50.6 Å². The van der Waals surface area contributed by atoms with Crippen LogP contribution in [0, 0.1) is 5.92 Å². The molecule has 9 nitrogen and oxygen atoms in total. The van der Waals surface area contributed by atoms with Crippen LogP contribution < -0.4 is 16.2 Å². The highest BCUT2D eigenvalue weighted by molar-refractivity contribution is 7.89. The average Bonchev–Trinajstić information content (AvgIpc) is 2.76. The molecule has 0 saturated heterocycles. The van der Waals surface area contributed by atoms with E-state index in [1.54, 1.807) is 13.8 Å². The van der Waals surface area contributed by atoms with E-state index in [0.29, 0.717) is 0 Å². The summed E-state index contributed by atoms with van der Waals surface area (Å²) in [7, 11) is -0.931. The molecule has 0 radical (unpaired) electrons. The molecule has 0 spiro atoms. The second-order valence-electron chi connectivity index (χ2n) is 7.71. The molecular formula is C22H28N4O5S. The van der Waals surface area contributed by atoms with Crippen molar-refractivity contribution in [1.29, 1.82) is 0 Å². The highest BCUT2D eigenvalue weighted by Gasteiger charge is 2.25. The molecule has 0 unspecified atom stereocenters. The SMILES string of the molecule is CC(C)[C@H](NC(=O)Cc1ccccc1)C(=O)NNC(=O)c1cccc(S(=O)(=O)N(C)C)c1. The Hall–Kier alpha value is -3.24. The standard InChI is InChI=1S/C22H28N4O5S/c1-15(2)20(23-19(27)13-16-9-6-5-7-10-16)22(29)25-24-21(28)17-11-8-12-18(14-17)32(30,31)26(3)4/h5-12,14-15,20H,13H2,1-4H3,(H,23,27)(H,24,28)(H,25,29)/t20-/m0/s1. The number of sulfonamides is 1. The maximum atomic E-state index is 12.6. The van der Waals surface area contributed by atoms with Gasteiger partial charge in [0.25, 0.3) is 11.8 Å². The van der Waals surface area contributed by atoms with Crippen molar-refractivity contribution in [2.75, 3.05) is 14.1 Å². The summed E-state index contributed by atoms with van der Waals surface area (Å²) in [5, 5.41) is 2.68. The van der Waals surface area contributed by atoms with Gasteiger partial charge in [-0.05, 0) is 29.7 Å². The molecule has 0 aromatic heterocycles. The number of nitrogens with zero attached hydrogens (tertiary/aromatic N) is 1. The van der Waals surface area contributed by atoms with Gasteiger partial charge in [0.15, 0.2) is 0 Å². The Morgan fingerprint density at radius 2 is 1.59 bits per heavy atom. The molecule has 2 aromatic rings. The summed E-state index contributed by atoms with van der Waals surface area (Å²) in [5.41, 5.74) is 5.44. The molecule has 2 rings (SSSR count). The van der Waals surface area contributed by atoms with E-state index in [1.807, 2.05) is 30.3 Å². The molecule has 172 valence electrons. The zero-order valence-corrected chi connectivity index (χ0v) is 19.3. The van der Waals surface area contributed by atoms with Gasteiger partial charge in [0.2, 0.25) is 15.9 Å². The van der Waals surface area contributed by atoms with Gasteiger partial charge in [0, 0.05) is 19.7 Å². The number of hydrogen-bond donors (Lipinski definition) is 3. The van der Waals surface area contributed by atoms with E-state index in [-0.39, 0.29) is 28.7 Å². The van der Waals surface area contributed by atoms with Crippen LogP contribution in [0.1, 0.15) is 29.8 Å². The molecule has 1 atom stereocenters. The zero-order chi connectivity index (χ0) is 23.9. The summed E-state index contributed by atoms with van der Waals surface area (Å²) in [6.45, 7) is 3.54. The summed E-state index contributed by atoms with van der Waals surface area (Å²) in [5.74, 6) is -1.84. The number of nitrogens with one attached hydrogen (secondary N) is 3. The van der Waals surface area contributed by atoms with Crippen LogP contribution in [-0.2, 0) is 26.0 Å². The van der Waals surface area contributed by atoms with Gasteiger partial charge in [0.1, 0.15) is 6.04 Å². The number of carbonyl (C=O) groups is 3. The van der Waals surface area contributed by atoms with Crippen LogP contribution in [0.3, 0.4) is 0 Å². The van der Waals surface area contributed by atoms with Crippen LogP contribution in [0.2, 0.25) is 0 Å². The predicted octanol–water partition coefficient (Wildman–Crippen LogP) is 1.08. The molecule has 0 aliphatic rings. The van der Waals surface area contributed by atoms with E-state index >= 15 is 0 Å². The summed E-state index contributed by atoms with van der Waals surface area (Å²) < 4.78 is 25.5. The van der Waals surface area contributed by atoms with E-state index in [0.717, 1.165) is 9.87 Å². The first-order chi connectivity index (χ1) is 15.0. The molecule has 2 aromatic carbocycles. The van der Waals surface area contributed by atoms with Crippen LogP contribution in [0.5, 0.6) is 0 Å². The van der Waals surface area contributed by atoms with E-state index in [9.17, 15) is 22.8 Å². The Kier molecular flexibility index (Phi) is 8.50. The van der Waals surface area contributed by atoms with Crippen LogP contribution in [0.15, 0.2) is 59.5 Å². The van der Waals surface area contributed by atoms with Gasteiger partial charge < -0.3 is 5.32 Å². The second-order valence-corrected chi connectivity index (χ2v) is 9.86. The molecule has 0 bridgehead atoms. The molecule has 10 heteroatoms. The Morgan fingerprint density at radius 3 is 2.19 bits per heavy atom. The third-order valence-electron chi connectivity index (χ3n) is 4.65. The third-order valence-corrected chi connectivity index (χ3v) is 6.46. The summed E-state index contributed by atoms with van der Waals surface area (Å²) in [6.07, 6.45) is 0.122. The van der Waals surface area contributed by atoms with Gasteiger partial charge in [0.05, 0.1) is 11.3 Å². The average molecular weight is 461 g/mol. The predicted molar refractivity (Wildman–Crippen MR) is 120 cm³/mol. The molecule has 3 amide bonds. The largest absolute Gasteiger partial charge is 0.344 e. The van der Waals surface area contributed by atoms with Gasteiger partial charge >= 0.3 is 0 Å². The fourth-order valence-corrected chi connectivity index (χ4v) is 3.77. The molecule has 0 aliphatic carbocycles. The smallest absolute Gasteiger partial charge is 0.269 e. The van der Waals surface area contributed by atoms with Crippen molar-refractivity contribution in [3.8, 4) is 0 Å². The monoisotopic (exact) mass is 460 g/mol. The van der Waals surface area contributed by atoms with Crippen molar-refractivity contribution in [3.05, 3.63) is 65.7 Å². The first-order valence-electron chi connectivity index (χ1n) is 9.98. The number of carbonyl (C=O) groups excluding carboxylic acids is 3. The highest BCUT2D eigenvalue weighted by atomic mass is 32.2. The second kappa shape index (κ2) is 10.9. The topological polar surface area (TPSA) is 125 Å². The lowest BCUT2D eigenvalue weighted by molar-refractivity contribution is -0.130. The summed E-state index contributed by atoms with van der Waals surface area (Å²) >= 11 is 0. The Bertz CT molecular complexity index is 1070. The van der Waals surface area contributed by atoms with Gasteiger partial charge in [-0.15, -0.1) is 0 Å². The van der Waals surface area contributed by atoms with Gasteiger partial charge in [-0.25, -0.2) is 12.7 Å². The van der Waals surface area contributed by atoms with Crippen LogP contribution in [0.25, 0.3) is 0 Å². The molecule has 0 saturated carbocycles. The normalized spacial score (nSPS) is 12.3. The fourth-order valence-electron chi connectivity index (χ4n) is 2.82. The summed E-state index contributed by atoms with van der Waals surface area (Å²) in [6, 6.07) is 13.7. The highest BCUT2D eigenvalue weighted by Crippen LogP contribution is 2.14.